The molecule has 0 saturated carbocycles. The maximum atomic E-state index is 12.9. The van der Waals surface area contributed by atoms with Crippen molar-refractivity contribution in [3.63, 3.8) is 0 Å². The van der Waals surface area contributed by atoms with E-state index in [0.717, 1.165) is 12.1 Å². The Labute approximate surface area is 104 Å². The molecule has 0 spiro atoms. The highest BCUT2D eigenvalue weighted by Crippen LogP contribution is 2.21. The molecule has 0 aromatic heterocycles. The molecule has 0 saturated heterocycles. The zero-order valence-electron chi connectivity index (χ0n) is 10.4. The Morgan fingerprint density at radius 2 is 1.78 bits per heavy atom. The topological polar surface area (TPSA) is 35.8 Å². The van der Waals surface area contributed by atoms with E-state index in [4.69, 9.17) is 5.26 Å². The van der Waals surface area contributed by atoms with Gasteiger partial charge in [0.05, 0.1) is 11.5 Å². The maximum absolute atomic E-state index is 12.9. The maximum Gasteiger partial charge on any atom is 0.194 e. The summed E-state index contributed by atoms with van der Waals surface area (Å²) in [5.74, 6) is -3.89. The van der Waals surface area contributed by atoms with E-state index < -0.39 is 22.9 Å². The van der Waals surface area contributed by atoms with Crippen LogP contribution in [0.3, 0.4) is 0 Å². The zero-order chi connectivity index (χ0) is 13.8. The molecule has 0 amide bonds. The Bertz CT molecular complexity index is 441. The van der Waals surface area contributed by atoms with Crippen LogP contribution in [-0.4, -0.2) is 6.54 Å². The monoisotopic (exact) mass is 256 g/mol. The lowest BCUT2D eigenvalue weighted by atomic mass is 9.90. The number of benzene rings is 1. The van der Waals surface area contributed by atoms with Gasteiger partial charge in [0, 0.05) is 24.4 Å². The number of anilines is 1. The van der Waals surface area contributed by atoms with Crippen molar-refractivity contribution >= 4 is 5.69 Å². The predicted octanol–water partition coefficient (Wildman–Crippen LogP) is 3.85. The number of hydrogen-bond acceptors (Lipinski definition) is 2. The first kappa shape index (κ1) is 14.4. The highest BCUT2D eigenvalue weighted by molar-refractivity contribution is 5.43. The molecule has 0 aliphatic rings. The summed E-state index contributed by atoms with van der Waals surface area (Å²) in [6.07, 6.45) is 1.35. The molecule has 0 atom stereocenters. The second-order valence-electron chi connectivity index (χ2n) is 4.78. The molecule has 98 valence electrons. The van der Waals surface area contributed by atoms with Gasteiger partial charge < -0.3 is 5.32 Å². The molecule has 1 aromatic carbocycles. The van der Waals surface area contributed by atoms with Gasteiger partial charge in [-0.1, -0.05) is 0 Å². The van der Waals surface area contributed by atoms with Crippen molar-refractivity contribution in [2.24, 2.45) is 5.41 Å². The summed E-state index contributed by atoms with van der Waals surface area (Å²) in [5, 5.41) is 11.6. The average molecular weight is 256 g/mol. The lowest BCUT2D eigenvalue weighted by molar-refractivity contribution is 0.440. The van der Waals surface area contributed by atoms with Gasteiger partial charge in [-0.3, -0.25) is 0 Å². The van der Waals surface area contributed by atoms with E-state index in [1.807, 2.05) is 13.8 Å². The lowest BCUT2D eigenvalue weighted by Gasteiger charge is -2.15. The fourth-order valence-corrected chi connectivity index (χ4v) is 1.48. The molecule has 0 heterocycles. The minimum Gasteiger partial charge on any atom is -0.385 e. The van der Waals surface area contributed by atoms with Crippen LogP contribution in [0.1, 0.15) is 26.7 Å². The fraction of sp³-hybridized carbons (Fsp3) is 0.462. The average Bonchev–Trinajstić information content (AvgIpc) is 2.31. The van der Waals surface area contributed by atoms with Crippen LogP contribution in [0.25, 0.3) is 0 Å². The van der Waals surface area contributed by atoms with E-state index in [-0.39, 0.29) is 5.69 Å². The summed E-state index contributed by atoms with van der Waals surface area (Å²) in [7, 11) is 0. The largest absolute Gasteiger partial charge is 0.385 e. The van der Waals surface area contributed by atoms with Crippen molar-refractivity contribution in [3.05, 3.63) is 29.6 Å². The fourth-order valence-electron chi connectivity index (χ4n) is 1.48. The third-order valence-corrected chi connectivity index (χ3v) is 2.59. The first-order valence-electron chi connectivity index (χ1n) is 5.65. The highest BCUT2D eigenvalue weighted by atomic mass is 19.2. The van der Waals surface area contributed by atoms with Crippen molar-refractivity contribution in [1.82, 2.24) is 0 Å². The number of nitrogens with one attached hydrogen (secondary N) is 1. The Morgan fingerprint density at radius 1 is 1.22 bits per heavy atom. The van der Waals surface area contributed by atoms with Gasteiger partial charge >= 0.3 is 0 Å². The second kappa shape index (κ2) is 5.76. The second-order valence-corrected chi connectivity index (χ2v) is 4.78. The molecule has 1 aromatic rings. The molecular weight excluding hydrogens is 241 g/mol. The molecule has 0 unspecified atom stereocenters. The van der Waals surface area contributed by atoms with Crippen molar-refractivity contribution in [2.45, 2.75) is 26.7 Å². The third kappa shape index (κ3) is 3.95. The van der Waals surface area contributed by atoms with Gasteiger partial charge in [-0.05, 0) is 26.7 Å². The zero-order valence-corrected chi connectivity index (χ0v) is 10.4. The number of hydrogen-bond donors (Lipinski definition) is 1. The van der Waals surface area contributed by atoms with E-state index in [9.17, 15) is 13.2 Å². The summed E-state index contributed by atoms with van der Waals surface area (Å²) in [4.78, 5) is 0. The summed E-state index contributed by atoms with van der Waals surface area (Å²) in [6, 6.07) is 3.99. The number of nitrogens with zero attached hydrogens (tertiary/aromatic N) is 1. The quantitative estimate of drug-likeness (QED) is 0.641. The van der Waals surface area contributed by atoms with E-state index in [1.165, 1.54) is 0 Å². The summed E-state index contributed by atoms with van der Waals surface area (Å²) >= 11 is 0. The molecule has 0 bridgehead atoms. The van der Waals surface area contributed by atoms with Crippen molar-refractivity contribution in [1.29, 1.82) is 5.26 Å². The molecule has 0 aliphatic heterocycles. The van der Waals surface area contributed by atoms with E-state index in [1.54, 1.807) is 0 Å². The van der Waals surface area contributed by atoms with Crippen LogP contribution >= 0.6 is 0 Å². The lowest BCUT2D eigenvalue weighted by Crippen LogP contribution is -2.11. The van der Waals surface area contributed by atoms with Crippen LogP contribution in [0.5, 0.6) is 0 Å². The van der Waals surface area contributed by atoms with Gasteiger partial charge in [-0.25, -0.2) is 13.2 Å². The van der Waals surface area contributed by atoms with Gasteiger partial charge in [0.2, 0.25) is 0 Å². The number of nitriles is 1. The van der Waals surface area contributed by atoms with Crippen molar-refractivity contribution in [2.75, 3.05) is 11.9 Å². The predicted molar refractivity (Wildman–Crippen MR) is 63.4 cm³/mol. The van der Waals surface area contributed by atoms with Gasteiger partial charge in [0.1, 0.15) is 0 Å². The van der Waals surface area contributed by atoms with E-state index in [2.05, 4.69) is 11.4 Å². The van der Waals surface area contributed by atoms with E-state index >= 15 is 0 Å². The van der Waals surface area contributed by atoms with Crippen LogP contribution in [-0.2, 0) is 0 Å². The molecule has 0 aliphatic carbocycles. The standard InChI is InChI=1S/C13H15F3N2/c1-13(2,8-17)4-3-5-18-9-6-10(14)12(16)11(15)7-9/h6-7,18H,3-5H2,1-2H3. The van der Waals surface area contributed by atoms with Crippen LogP contribution in [0, 0.1) is 34.2 Å². The molecule has 5 heteroatoms. The van der Waals surface area contributed by atoms with E-state index in [0.29, 0.717) is 19.4 Å². The van der Waals surface area contributed by atoms with Crippen LogP contribution in [0.4, 0.5) is 18.9 Å². The minimum absolute atomic E-state index is 0.196. The molecule has 0 radical (unpaired) electrons. The Hall–Kier alpha value is -1.70. The molecule has 18 heavy (non-hydrogen) atoms. The summed E-state index contributed by atoms with van der Waals surface area (Å²) < 4.78 is 38.5. The van der Waals surface area contributed by atoms with Gasteiger partial charge in [0.25, 0.3) is 0 Å². The summed E-state index contributed by atoms with van der Waals surface area (Å²) in [6.45, 7) is 4.12. The Morgan fingerprint density at radius 3 is 2.28 bits per heavy atom. The number of halogens is 3. The SMILES string of the molecule is CC(C)(C#N)CCCNc1cc(F)c(F)c(F)c1. The smallest absolute Gasteiger partial charge is 0.194 e. The van der Waals surface area contributed by atoms with Crippen LogP contribution in [0.15, 0.2) is 12.1 Å². The van der Waals surface area contributed by atoms with Crippen molar-refractivity contribution < 1.29 is 13.2 Å². The Kier molecular flexibility index (Phi) is 4.60. The highest BCUT2D eigenvalue weighted by Gasteiger charge is 2.15. The first-order chi connectivity index (χ1) is 8.35. The minimum atomic E-state index is -1.47. The van der Waals surface area contributed by atoms with Gasteiger partial charge in [-0.2, -0.15) is 5.26 Å². The molecule has 0 fully saturated rings. The summed E-state index contributed by atoms with van der Waals surface area (Å²) in [5.41, 5.74) is -0.220. The number of rotatable bonds is 5. The first-order valence-corrected chi connectivity index (χ1v) is 5.65. The van der Waals surface area contributed by atoms with Gasteiger partial charge in [0.15, 0.2) is 17.5 Å². The Balaban J connectivity index is 2.48. The van der Waals surface area contributed by atoms with Crippen LogP contribution < -0.4 is 5.32 Å². The van der Waals surface area contributed by atoms with Crippen molar-refractivity contribution in [3.8, 4) is 6.07 Å². The molecule has 1 N–H and O–H groups in total. The molecular formula is C13H15F3N2. The molecule has 1 rings (SSSR count). The normalized spacial score (nSPS) is 11.1. The van der Waals surface area contributed by atoms with Crippen LogP contribution in [0.2, 0.25) is 0 Å². The molecule has 2 nitrogen and oxygen atoms in total. The van der Waals surface area contributed by atoms with Gasteiger partial charge in [-0.15, -0.1) is 0 Å². The third-order valence-electron chi connectivity index (χ3n) is 2.59.